The van der Waals surface area contributed by atoms with Crippen LogP contribution in [-0.2, 0) is 20.2 Å². The van der Waals surface area contributed by atoms with Crippen LogP contribution in [0.25, 0.3) is 0 Å². The Hall–Kier alpha value is -1.56. The van der Waals surface area contributed by atoms with E-state index < -0.39 is 7.60 Å². The monoisotopic (exact) mass is 430 g/mol. The minimum absolute atomic E-state index is 0.0754. The van der Waals surface area contributed by atoms with Gasteiger partial charge in [-0.05, 0) is 24.6 Å². The van der Waals surface area contributed by atoms with Crippen LogP contribution < -0.4 is 0 Å². The van der Waals surface area contributed by atoms with E-state index in [4.69, 9.17) is 32.2 Å². The van der Waals surface area contributed by atoms with Gasteiger partial charge in [0, 0.05) is 13.7 Å². The summed E-state index contributed by atoms with van der Waals surface area (Å²) < 4.78 is 23.4. The zero-order chi connectivity index (χ0) is 19.9. The summed E-state index contributed by atoms with van der Waals surface area (Å²) in [5, 5.41) is 13.7. The van der Waals surface area contributed by atoms with Gasteiger partial charge in [-0.3, -0.25) is 4.57 Å². The Kier molecular flexibility index (Phi) is 8.14. The van der Waals surface area contributed by atoms with Crippen molar-refractivity contribution in [2.75, 3.05) is 20.0 Å². The molecule has 1 unspecified atom stereocenters. The summed E-state index contributed by atoms with van der Waals surface area (Å²) in [7, 11) is -2.15. The van der Waals surface area contributed by atoms with Gasteiger partial charge in [0.25, 0.3) is 0 Å². The van der Waals surface area contributed by atoms with Crippen molar-refractivity contribution < 1.29 is 18.8 Å². The van der Waals surface area contributed by atoms with Gasteiger partial charge in [-0.2, -0.15) is 0 Å². The van der Waals surface area contributed by atoms with Gasteiger partial charge in [0.1, 0.15) is 6.29 Å². The number of nitrogens with zero attached hydrogens (tertiary/aromatic N) is 2. The second-order valence-electron chi connectivity index (χ2n) is 5.56. The highest BCUT2D eigenvalue weighted by atomic mass is 35.5. The predicted octanol–water partition coefficient (Wildman–Crippen LogP) is 5.46. The van der Waals surface area contributed by atoms with Crippen LogP contribution in [0.15, 0.2) is 53.7 Å². The van der Waals surface area contributed by atoms with E-state index >= 15 is 0 Å². The van der Waals surface area contributed by atoms with E-state index in [1.165, 1.54) is 7.11 Å². The van der Waals surface area contributed by atoms with Gasteiger partial charge < -0.3 is 19.2 Å². The van der Waals surface area contributed by atoms with E-state index in [0.29, 0.717) is 15.6 Å². The molecule has 0 saturated heterocycles. The quantitative estimate of drug-likeness (QED) is 0.198. The maximum Gasteiger partial charge on any atom is 0.349 e. The fourth-order valence-electron chi connectivity index (χ4n) is 2.54. The van der Waals surface area contributed by atoms with E-state index in [1.807, 2.05) is 30.3 Å². The molecule has 146 valence electrons. The van der Waals surface area contributed by atoms with E-state index in [1.54, 1.807) is 30.0 Å². The molecule has 1 atom stereocenters. The average Bonchev–Trinajstić information content (AvgIpc) is 2.65. The molecule has 0 radical (unpaired) electrons. The maximum atomic E-state index is 12.9. The molecule has 6 nitrogen and oxygen atoms in total. The Morgan fingerprint density at radius 1 is 1.15 bits per heavy atom. The molecule has 0 aliphatic rings. The zero-order valence-corrected chi connectivity index (χ0v) is 17.4. The Balaban J connectivity index is 2.48. The first-order valence-corrected chi connectivity index (χ1v) is 10.7. The van der Waals surface area contributed by atoms with E-state index in [-0.39, 0.29) is 25.3 Å². The van der Waals surface area contributed by atoms with Gasteiger partial charge in [-0.1, -0.05) is 64.8 Å². The number of hydrogen-bond acceptors (Lipinski definition) is 5. The Morgan fingerprint density at radius 3 is 2.30 bits per heavy atom. The lowest BCUT2D eigenvalue weighted by atomic mass is 10.1. The van der Waals surface area contributed by atoms with Crippen LogP contribution in [0.4, 0.5) is 0 Å². The van der Waals surface area contributed by atoms with Crippen molar-refractivity contribution in [3.63, 3.8) is 0 Å². The normalized spacial score (nSPS) is 14.0. The van der Waals surface area contributed by atoms with Crippen LogP contribution in [0.2, 0.25) is 10.0 Å². The number of amidine groups is 1. The van der Waals surface area contributed by atoms with Gasteiger partial charge in [0.2, 0.25) is 0 Å². The van der Waals surface area contributed by atoms with Crippen LogP contribution in [0.1, 0.15) is 18.1 Å². The van der Waals surface area contributed by atoms with Crippen LogP contribution >= 0.6 is 30.8 Å². The van der Waals surface area contributed by atoms with Crippen molar-refractivity contribution >= 4 is 36.6 Å². The lowest BCUT2D eigenvalue weighted by molar-refractivity contribution is 0.229. The van der Waals surface area contributed by atoms with Gasteiger partial charge in [0.05, 0.1) is 22.2 Å². The standard InChI is InChI=1S/C18H21Cl2N2O4P/c1-3-26-27(24,25-2)13-22(12-14-8-5-4-6-9-14)18(21-23)17-15(19)10-7-11-16(17)20/h4-11,23H,3,12-13H2,1-2H3/b21-18+. The summed E-state index contributed by atoms with van der Waals surface area (Å²) in [6, 6.07) is 14.4. The Bertz CT molecular complexity index is 813. The molecule has 27 heavy (non-hydrogen) atoms. The topological polar surface area (TPSA) is 71.4 Å². The molecular formula is C18H21Cl2N2O4P. The van der Waals surface area contributed by atoms with Crippen molar-refractivity contribution in [3.8, 4) is 0 Å². The molecule has 2 aromatic carbocycles. The van der Waals surface area contributed by atoms with Crippen molar-refractivity contribution in [2.45, 2.75) is 13.5 Å². The van der Waals surface area contributed by atoms with Crippen molar-refractivity contribution in [1.82, 2.24) is 4.90 Å². The predicted molar refractivity (Wildman–Crippen MR) is 108 cm³/mol. The largest absolute Gasteiger partial charge is 0.409 e. The Labute approximate surface area is 168 Å². The fourth-order valence-corrected chi connectivity index (χ4v) is 4.45. The molecule has 0 aromatic heterocycles. The van der Waals surface area contributed by atoms with Crippen LogP contribution in [0.3, 0.4) is 0 Å². The average molecular weight is 431 g/mol. The third kappa shape index (κ3) is 5.71. The molecule has 0 saturated carbocycles. The molecule has 0 bridgehead atoms. The molecule has 2 rings (SSSR count). The minimum atomic E-state index is -3.46. The molecule has 1 N–H and O–H groups in total. The zero-order valence-electron chi connectivity index (χ0n) is 15.0. The van der Waals surface area contributed by atoms with Crippen molar-refractivity contribution in [2.24, 2.45) is 5.16 Å². The lowest BCUT2D eigenvalue weighted by Gasteiger charge is -2.29. The molecule has 2 aromatic rings. The Morgan fingerprint density at radius 2 is 1.78 bits per heavy atom. The van der Waals surface area contributed by atoms with Crippen LogP contribution in [-0.4, -0.2) is 35.9 Å². The second-order valence-corrected chi connectivity index (χ2v) is 8.50. The number of hydrogen-bond donors (Lipinski definition) is 1. The van der Waals surface area contributed by atoms with E-state index in [9.17, 15) is 9.77 Å². The van der Waals surface area contributed by atoms with Gasteiger partial charge >= 0.3 is 7.60 Å². The highest BCUT2D eigenvalue weighted by molar-refractivity contribution is 7.53. The third-order valence-electron chi connectivity index (χ3n) is 3.74. The third-order valence-corrected chi connectivity index (χ3v) is 6.27. The summed E-state index contributed by atoms with van der Waals surface area (Å²) in [6.07, 6.45) is -0.146. The van der Waals surface area contributed by atoms with E-state index in [0.717, 1.165) is 5.56 Å². The molecular weight excluding hydrogens is 410 g/mol. The summed E-state index contributed by atoms with van der Waals surface area (Å²) in [6.45, 7) is 2.21. The molecule has 0 fully saturated rings. The summed E-state index contributed by atoms with van der Waals surface area (Å²) in [4.78, 5) is 1.57. The maximum absolute atomic E-state index is 12.9. The summed E-state index contributed by atoms with van der Waals surface area (Å²) >= 11 is 12.6. The second kappa shape index (κ2) is 10.1. The number of benzene rings is 2. The lowest BCUT2D eigenvalue weighted by Crippen LogP contribution is -2.33. The highest BCUT2D eigenvalue weighted by Crippen LogP contribution is 2.48. The molecule has 9 heteroatoms. The molecule has 0 amide bonds. The van der Waals surface area contributed by atoms with Crippen LogP contribution in [0.5, 0.6) is 0 Å². The first kappa shape index (κ1) is 21.7. The smallest absolute Gasteiger partial charge is 0.349 e. The molecule has 0 heterocycles. The van der Waals surface area contributed by atoms with Crippen molar-refractivity contribution in [3.05, 3.63) is 69.7 Å². The van der Waals surface area contributed by atoms with Crippen molar-refractivity contribution in [1.29, 1.82) is 0 Å². The molecule has 0 spiro atoms. The van der Waals surface area contributed by atoms with Gasteiger partial charge in [-0.25, -0.2) is 0 Å². The van der Waals surface area contributed by atoms with Crippen LogP contribution in [0, 0.1) is 0 Å². The summed E-state index contributed by atoms with van der Waals surface area (Å²) in [5.74, 6) is 0.0754. The molecule has 0 aliphatic carbocycles. The number of halogens is 2. The van der Waals surface area contributed by atoms with Gasteiger partial charge in [-0.15, -0.1) is 0 Å². The first-order valence-electron chi connectivity index (χ1n) is 8.18. The number of oxime groups is 1. The first-order chi connectivity index (χ1) is 12.9. The molecule has 0 aliphatic heterocycles. The highest BCUT2D eigenvalue weighted by Gasteiger charge is 2.30. The number of rotatable bonds is 8. The minimum Gasteiger partial charge on any atom is -0.409 e. The SMILES string of the molecule is CCOP(=O)(CN(Cc1ccccc1)/C(=N/O)c1c(Cl)cccc1Cl)OC. The van der Waals surface area contributed by atoms with Gasteiger partial charge in [0.15, 0.2) is 5.84 Å². The fraction of sp³-hybridized carbons (Fsp3) is 0.278. The van der Waals surface area contributed by atoms with E-state index in [2.05, 4.69) is 5.16 Å². The summed E-state index contributed by atoms with van der Waals surface area (Å²) in [5.41, 5.74) is 1.24.